The number of hydrazine groups is 1. The lowest BCUT2D eigenvalue weighted by Crippen LogP contribution is -2.40. The summed E-state index contributed by atoms with van der Waals surface area (Å²) in [5.41, 5.74) is 5.91. The number of rotatable bonds is 6. The smallest absolute Gasteiger partial charge is 0.0558 e. The lowest BCUT2D eigenvalue weighted by Gasteiger charge is -2.33. The summed E-state index contributed by atoms with van der Waals surface area (Å²) in [6.07, 6.45) is 3.51. The molecule has 0 radical (unpaired) electrons. The van der Waals surface area contributed by atoms with E-state index in [1.807, 2.05) is 0 Å². The molecule has 0 heterocycles. The third kappa shape index (κ3) is 2.86. The molecule has 0 saturated carbocycles. The van der Waals surface area contributed by atoms with Crippen molar-refractivity contribution in [1.82, 2.24) is 5.43 Å². The van der Waals surface area contributed by atoms with Crippen molar-refractivity contribution in [2.24, 2.45) is 5.84 Å². The summed E-state index contributed by atoms with van der Waals surface area (Å²) in [4.78, 5) is 0. The molecule has 0 aromatic heterocycles. The number of nitrogens with two attached hydrogens (primary N) is 1. The van der Waals surface area contributed by atoms with Crippen molar-refractivity contribution in [2.75, 3.05) is 7.11 Å². The van der Waals surface area contributed by atoms with Crippen molar-refractivity contribution in [3.8, 4) is 0 Å². The van der Waals surface area contributed by atoms with Crippen LogP contribution in [0.4, 0.5) is 0 Å². The van der Waals surface area contributed by atoms with Crippen LogP contribution < -0.4 is 11.3 Å². The molecule has 0 bridgehead atoms. The molecule has 0 saturated heterocycles. The minimum absolute atomic E-state index is 0.256. The second kappa shape index (κ2) is 5.63. The Morgan fingerprint density at radius 3 is 2.88 bits per heavy atom. The number of benzene rings is 1. The Morgan fingerprint density at radius 2 is 2.24 bits per heavy atom. The van der Waals surface area contributed by atoms with Crippen LogP contribution in [0.15, 0.2) is 24.3 Å². The molecule has 3 unspecified atom stereocenters. The second-order valence-corrected chi connectivity index (χ2v) is 4.98. The van der Waals surface area contributed by atoms with Crippen molar-refractivity contribution >= 4 is 0 Å². The summed E-state index contributed by atoms with van der Waals surface area (Å²) in [5.74, 6) is 6.28. The molecule has 3 atom stereocenters. The highest BCUT2D eigenvalue weighted by Gasteiger charge is 2.28. The molecular formula is C14H22N2O. The summed E-state index contributed by atoms with van der Waals surface area (Å²) in [5, 5.41) is 0. The Bertz CT molecular complexity index is 367. The lowest BCUT2D eigenvalue weighted by atomic mass is 9.74. The van der Waals surface area contributed by atoms with Crippen molar-refractivity contribution in [3.05, 3.63) is 35.4 Å². The van der Waals surface area contributed by atoms with Crippen LogP contribution in [0.25, 0.3) is 0 Å². The molecule has 0 amide bonds. The van der Waals surface area contributed by atoms with Gasteiger partial charge in [-0.1, -0.05) is 24.3 Å². The van der Waals surface area contributed by atoms with E-state index in [0.29, 0.717) is 12.0 Å². The summed E-state index contributed by atoms with van der Waals surface area (Å²) in [7, 11) is 1.75. The quantitative estimate of drug-likeness (QED) is 0.584. The van der Waals surface area contributed by atoms with Crippen molar-refractivity contribution in [1.29, 1.82) is 0 Å². The van der Waals surface area contributed by atoms with Crippen molar-refractivity contribution in [2.45, 2.75) is 44.2 Å². The zero-order chi connectivity index (χ0) is 12.3. The van der Waals surface area contributed by atoms with Crippen LogP contribution in [0.2, 0.25) is 0 Å². The molecule has 3 heteroatoms. The Hall–Kier alpha value is -0.900. The van der Waals surface area contributed by atoms with Crippen LogP contribution >= 0.6 is 0 Å². The zero-order valence-electron chi connectivity index (χ0n) is 10.6. The first-order chi connectivity index (χ1) is 8.24. The Balaban J connectivity index is 1.89. The lowest BCUT2D eigenvalue weighted by molar-refractivity contribution is 0.0980. The van der Waals surface area contributed by atoms with Gasteiger partial charge in [0.25, 0.3) is 0 Å². The average molecular weight is 234 g/mol. The molecule has 94 valence electrons. The van der Waals surface area contributed by atoms with Gasteiger partial charge in [0.15, 0.2) is 0 Å². The fourth-order valence-corrected chi connectivity index (χ4v) is 2.65. The predicted molar refractivity (Wildman–Crippen MR) is 69.7 cm³/mol. The first-order valence-corrected chi connectivity index (χ1v) is 6.31. The maximum absolute atomic E-state index is 5.62. The topological polar surface area (TPSA) is 47.3 Å². The van der Waals surface area contributed by atoms with Gasteiger partial charge in [-0.2, -0.15) is 0 Å². The van der Waals surface area contributed by atoms with Crippen LogP contribution in [0, 0.1) is 0 Å². The number of ether oxygens (including phenoxy) is 1. The van der Waals surface area contributed by atoms with Gasteiger partial charge >= 0.3 is 0 Å². The van der Waals surface area contributed by atoms with Gasteiger partial charge in [0.2, 0.25) is 0 Å². The molecular weight excluding hydrogens is 212 g/mol. The van der Waals surface area contributed by atoms with Gasteiger partial charge in [0.1, 0.15) is 0 Å². The minimum atomic E-state index is 0.256. The van der Waals surface area contributed by atoms with Gasteiger partial charge in [-0.15, -0.1) is 0 Å². The number of fused-ring (bicyclic) bond motifs is 1. The summed E-state index contributed by atoms with van der Waals surface area (Å²) in [6, 6.07) is 9.02. The summed E-state index contributed by atoms with van der Waals surface area (Å²) >= 11 is 0. The van der Waals surface area contributed by atoms with E-state index in [1.165, 1.54) is 17.5 Å². The highest BCUT2D eigenvalue weighted by Crippen LogP contribution is 2.38. The second-order valence-electron chi connectivity index (χ2n) is 4.98. The van der Waals surface area contributed by atoms with E-state index in [4.69, 9.17) is 10.6 Å². The Labute approximate surface area is 103 Å². The monoisotopic (exact) mass is 234 g/mol. The first kappa shape index (κ1) is 12.6. The molecule has 17 heavy (non-hydrogen) atoms. The highest BCUT2D eigenvalue weighted by atomic mass is 16.5. The van der Waals surface area contributed by atoms with Gasteiger partial charge in [-0.3, -0.25) is 11.3 Å². The van der Waals surface area contributed by atoms with Gasteiger partial charge in [-0.05, 0) is 43.2 Å². The van der Waals surface area contributed by atoms with E-state index < -0.39 is 0 Å². The minimum Gasteiger partial charge on any atom is -0.382 e. The molecule has 0 fully saturated rings. The molecule has 1 aromatic carbocycles. The number of methoxy groups -OCH3 is 1. The van der Waals surface area contributed by atoms with E-state index in [2.05, 4.69) is 36.6 Å². The van der Waals surface area contributed by atoms with E-state index in [9.17, 15) is 0 Å². The van der Waals surface area contributed by atoms with Gasteiger partial charge in [0.05, 0.1) is 6.10 Å². The normalized spacial score (nSPS) is 21.5. The molecule has 3 nitrogen and oxygen atoms in total. The Kier molecular flexibility index (Phi) is 4.15. The third-order valence-electron chi connectivity index (χ3n) is 3.78. The Morgan fingerprint density at radius 1 is 1.47 bits per heavy atom. The van der Waals surface area contributed by atoms with Crippen LogP contribution in [0.5, 0.6) is 0 Å². The largest absolute Gasteiger partial charge is 0.382 e. The maximum atomic E-state index is 5.62. The fourth-order valence-electron chi connectivity index (χ4n) is 2.65. The van der Waals surface area contributed by atoms with Gasteiger partial charge < -0.3 is 4.74 Å². The molecule has 2 rings (SSSR count). The number of nitrogens with one attached hydrogen (secondary N) is 1. The summed E-state index contributed by atoms with van der Waals surface area (Å²) < 4.78 is 5.29. The molecule has 1 aliphatic carbocycles. The molecule has 0 aliphatic heterocycles. The van der Waals surface area contributed by atoms with Crippen LogP contribution in [0.1, 0.15) is 36.8 Å². The first-order valence-electron chi connectivity index (χ1n) is 6.31. The standard InChI is InChI=1S/C14H22N2O/c1-10(17-2)7-13(16-15)9-12-8-11-5-3-4-6-14(11)12/h3-6,10,12-13,16H,7-9,15H2,1-2H3. The van der Waals surface area contributed by atoms with E-state index in [0.717, 1.165) is 12.8 Å². The number of hydrogen-bond acceptors (Lipinski definition) is 3. The molecule has 1 aromatic rings. The highest BCUT2D eigenvalue weighted by molar-refractivity contribution is 5.39. The molecule has 1 aliphatic rings. The maximum Gasteiger partial charge on any atom is 0.0558 e. The fraction of sp³-hybridized carbons (Fsp3) is 0.571. The van der Waals surface area contributed by atoms with Crippen LogP contribution in [-0.4, -0.2) is 19.3 Å². The predicted octanol–water partition coefficient (Wildman–Crippen LogP) is 1.97. The number of hydrogen-bond donors (Lipinski definition) is 2. The third-order valence-corrected chi connectivity index (χ3v) is 3.78. The summed E-state index contributed by atoms with van der Waals surface area (Å²) in [6.45, 7) is 2.08. The van der Waals surface area contributed by atoms with Crippen LogP contribution in [0.3, 0.4) is 0 Å². The van der Waals surface area contributed by atoms with E-state index in [1.54, 1.807) is 7.11 Å². The zero-order valence-corrected chi connectivity index (χ0v) is 10.6. The van der Waals surface area contributed by atoms with Gasteiger partial charge in [-0.25, -0.2) is 0 Å². The SMILES string of the molecule is COC(C)CC(CC1Cc2ccccc21)NN. The average Bonchev–Trinajstić information content (AvgIpc) is 2.34. The molecule has 0 spiro atoms. The van der Waals surface area contributed by atoms with E-state index in [-0.39, 0.29) is 6.10 Å². The van der Waals surface area contributed by atoms with Crippen molar-refractivity contribution in [3.63, 3.8) is 0 Å². The van der Waals surface area contributed by atoms with Crippen LogP contribution in [-0.2, 0) is 11.2 Å². The van der Waals surface area contributed by atoms with Crippen molar-refractivity contribution < 1.29 is 4.74 Å². The van der Waals surface area contributed by atoms with Gasteiger partial charge in [0, 0.05) is 13.2 Å². The molecule has 3 N–H and O–H groups in total. The van der Waals surface area contributed by atoms with E-state index >= 15 is 0 Å².